The monoisotopic (exact) mass is 338 g/mol. The molecule has 1 aromatic carbocycles. The number of urea groups is 1. The van der Waals surface area contributed by atoms with Gasteiger partial charge in [0.25, 0.3) is 0 Å². The van der Waals surface area contributed by atoms with E-state index in [9.17, 15) is 4.79 Å². The molecule has 7 nitrogen and oxygen atoms in total. The van der Waals surface area contributed by atoms with E-state index in [1.54, 1.807) is 18.2 Å². The van der Waals surface area contributed by atoms with Crippen LogP contribution in [-0.2, 0) is 6.54 Å². The summed E-state index contributed by atoms with van der Waals surface area (Å²) in [7, 11) is 0. The molecule has 0 bridgehead atoms. The summed E-state index contributed by atoms with van der Waals surface area (Å²) in [6, 6.07) is 6.77. The molecule has 0 fully saturated rings. The quantitative estimate of drug-likeness (QED) is 0.719. The number of aliphatic hydroxyl groups is 1. The molecule has 1 unspecified atom stereocenters. The number of hydrogen-bond donors (Lipinski definition) is 3. The summed E-state index contributed by atoms with van der Waals surface area (Å²) in [5, 5.41) is 18.6. The molecule has 0 aliphatic carbocycles. The number of aromatic nitrogens is 2. The average molecular weight is 339 g/mol. The molecule has 0 spiro atoms. The largest absolute Gasteiger partial charge is 0.396 e. The number of benzene rings is 1. The maximum absolute atomic E-state index is 11.7. The van der Waals surface area contributed by atoms with Crippen molar-refractivity contribution in [1.29, 1.82) is 0 Å². The van der Waals surface area contributed by atoms with Gasteiger partial charge in [0.2, 0.25) is 11.7 Å². The summed E-state index contributed by atoms with van der Waals surface area (Å²) in [6.45, 7) is 2.12. The fourth-order valence-corrected chi connectivity index (χ4v) is 2.16. The van der Waals surface area contributed by atoms with Crippen LogP contribution in [0.5, 0.6) is 0 Å². The molecule has 23 heavy (non-hydrogen) atoms. The number of amides is 2. The normalized spacial score (nSPS) is 12.0. The van der Waals surface area contributed by atoms with Crippen LogP contribution in [0.15, 0.2) is 28.8 Å². The molecule has 8 heteroatoms. The van der Waals surface area contributed by atoms with E-state index in [0.717, 1.165) is 5.56 Å². The molecule has 0 saturated carbocycles. The third-order valence-corrected chi connectivity index (χ3v) is 3.36. The van der Waals surface area contributed by atoms with Crippen LogP contribution in [0.2, 0.25) is 5.02 Å². The molecule has 2 rings (SSSR count). The Morgan fingerprint density at radius 2 is 2.30 bits per heavy atom. The third kappa shape index (κ3) is 5.54. The summed E-state index contributed by atoms with van der Waals surface area (Å²) >= 11 is 5.92. The van der Waals surface area contributed by atoms with Crippen LogP contribution in [0.3, 0.4) is 0 Å². The van der Waals surface area contributed by atoms with Gasteiger partial charge in [-0.15, -0.1) is 0 Å². The third-order valence-electron chi connectivity index (χ3n) is 3.12. The molecule has 1 aromatic heterocycles. The van der Waals surface area contributed by atoms with Crippen molar-refractivity contribution in [3.8, 4) is 11.4 Å². The fraction of sp³-hybridized carbons (Fsp3) is 0.400. The highest BCUT2D eigenvalue weighted by Crippen LogP contribution is 2.19. The molecule has 124 valence electrons. The first-order chi connectivity index (χ1) is 11.1. The predicted molar refractivity (Wildman–Crippen MR) is 85.9 cm³/mol. The standard InChI is InChI=1S/C15H19ClN4O3/c1-10(4-3-7-21)18-15(22)17-9-13-19-14(20-23-13)11-5-2-6-12(16)8-11/h2,5-6,8,10,21H,3-4,7,9H2,1H3,(H2,17,18,22). The first kappa shape index (κ1) is 17.2. The van der Waals surface area contributed by atoms with Crippen molar-refractivity contribution in [1.82, 2.24) is 20.8 Å². The van der Waals surface area contributed by atoms with E-state index in [1.807, 2.05) is 13.0 Å². The summed E-state index contributed by atoms with van der Waals surface area (Å²) < 4.78 is 5.10. The van der Waals surface area contributed by atoms with Crippen molar-refractivity contribution in [3.05, 3.63) is 35.2 Å². The van der Waals surface area contributed by atoms with Crippen LogP contribution in [0.25, 0.3) is 11.4 Å². The van der Waals surface area contributed by atoms with Crippen LogP contribution in [-0.4, -0.2) is 33.9 Å². The van der Waals surface area contributed by atoms with Crippen LogP contribution in [0.1, 0.15) is 25.7 Å². The highest BCUT2D eigenvalue weighted by atomic mass is 35.5. The number of rotatable bonds is 7. The van der Waals surface area contributed by atoms with Gasteiger partial charge in [-0.2, -0.15) is 4.98 Å². The number of halogens is 1. The first-order valence-electron chi connectivity index (χ1n) is 7.32. The first-order valence-corrected chi connectivity index (χ1v) is 7.70. The lowest BCUT2D eigenvalue weighted by atomic mass is 10.2. The second-order valence-electron chi connectivity index (χ2n) is 5.12. The molecule has 0 aliphatic heterocycles. The maximum atomic E-state index is 11.7. The molecule has 0 radical (unpaired) electrons. The number of carbonyl (C=O) groups is 1. The zero-order chi connectivity index (χ0) is 16.7. The van der Waals surface area contributed by atoms with E-state index in [-0.39, 0.29) is 25.2 Å². The van der Waals surface area contributed by atoms with Gasteiger partial charge >= 0.3 is 6.03 Å². The van der Waals surface area contributed by atoms with Gasteiger partial charge in [-0.05, 0) is 31.9 Å². The summed E-state index contributed by atoms with van der Waals surface area (Å²) in [5.41, 5.74) is 0.745. The van der Waals surface area contributed by atoms with E-state index in [4.69, 9.17) is 21.2 Å². The van der Waals surface area contributed by atoms with Gasteiger partial charge in [0.05, 0.1) is 6.54 Å². The zero-order valence-electron chi connectivity index (χ0n) is 12.8. The maximum Gasteiger partial charge on any atom is 0.315 e. The smallest absolute Gasteiger partial charge is 0.315 e. The SMILES string of the molecule is CC(CCCO)NC(=O)NCc1nc(-c2cccc(Cl)c2)no1. The molecule has 2 aromatic rings. The second-order valence-corrected chi connectivity index (χ2v) is 5.55. The molecule has 1 atom stereocenters. The van der Waals surface area contributed by atoms with E-state index in [0.29, 0.717) is 29.6 Å². The van der Waals surface area contributed by atoms with Crippen molar-refractivity contribution in [3.63, 3.8) is 0 Å². The number of nitrogens with zero attached hydrogens (tertiary/aromatic N) is 2. The van der Waals surface area contributed by atoms with E-state index < -0.39 is 0 Å². The lowest BCUT2D eigenvalue weighted by molar-refractivity contribution is 0.232. The van der Waals surface area contributed by atoms with E-state index >= 15 is 0 Å². The van der Waals surface area contributed by atoms with Gasteiger partial charge < -0.3 is 20.3 Å². The Hall–Kier alpha value is -2.12. The minimum absolute atomic E-state index is 0.0214. The van der Waals surface area contributed by atoms with Gasteiger partial charge in [0, 0.05) is 23.2 Å². The molecule has 0 aliphatic rings. The summed E-state index contributed by atoms with van der Waals surface area (Å²) in [6.07, 6.45) is 1.36. The average Bonchev–Trinajstić information content (AvgIpc) is 3.00. The molecular formula is C15H19ClN4O3. The van der Waals surface area contributed by atoms with E-state index in [2.05, 4.69) is 20.8 Å². The van der Waals surface area contributed by atoms with Crippen molar-refractivity contribution in [2.24, 2.45) is 0 Å². The molecule has 0 saturated heterocycles. The lowest BCUT2D eigenvalue weighted by Crippen LogP contribution is -2.40. The highest BCUT2D eigenvalue weighted by Gasteiger charge is 2.11. The molecular weight excluding hydrogens is 320 g/mol. The van der Waals surface area contributed by atoms with Crippen molar-refractivity contribution >= 4 is 17.6 Å². The molecule has 3 N–H and O–H groups in total. The lowest BCUT2D eigenvalue weighted by Gasteiger charge is -2.13. The highest BCUT2D eigenvalue weighted by molar-refractivity contribution is 6.30. The minimum atomic E-state index is -0.321. The Labute approximate surface area is 139 Å². The van der Waals surface area contributed by atoms with Crippen LogP contribution >= 0.6 is 11.6 Å². The van der Waals surface area contributed by atoms with Crippen LogP contribution < -0.4 is 10.6 Å². The number of carbonyl (C=O) groups excluding carboxylic acids is 1. The van der Waals surface area contributed by atoms with E-state index in [1.165, 1.54) is 0 Å². The van der Waals surface area contributed by atoms with Gasteiger partial charge in [-0.3, -0.25) is 0 Å². The van der Waals surface area contributed by atoms with Crippen LogP contribution in [0, 0.1) is 0 Å². The Balaban J connectivity index is 1.84. The van der Waals surface area contributed by atoms with Gasteiger partial charge in [-0.1, -0.05) is 28.9 Å². The fourth-order valence-electron chi connectivity index (χ4n) is 1.97. The van der Waals surface area contributed by atoms with Crippen LogP contribution in [0.4, 0.5) is 4.79 Å². The number of nitrogens with one attached hydrogen (secondary N) is 2. The van der Waals surface area contributed by atoms with Crippen molar-refractivity contribution in [2.45, 2.75) is 32.4 Å². The second kappa shape index (κ2) is 8.50. The van der Waals surface area contributed by atoms with Crippen molar-refractivity contribution < 1.29 is 14.4 Å². The Bertz CT molecular complexity index is 647. The minimum Gasteiger partial charge on any atom is -0.396 e. The van der Waals surface area contributed by atoms with Gasteiger partial charge in [-0.25, -0.2) is 4.79 Å². The van der Waals surface area contributed by atoms with Crippen molar-refractivity contribution in [2.75, 3.05) is 6.61 Å². The molecule has 2 amide bonds. The van der Waals surface area contributed by atoms with Gasteiger partial charge in [0.15, 0.2) is 0 Å². The Morgan fingerprint density at radius 3 is 3.04 bits per heavy atom. The summed E-state index contributed by atoms with van der Waals surface area (Å²) in [5.74, 6) is 0.721. The zero-order valence-corrected chi connectivity index (χ0v) is 13.5. The number of hydrogen-bond acceptors (Lipinski definition) is 5. The topological polar surface area (TPSA) is 100 Å². The Kier molecular flexibility index (Phi) is 6.37. The number of aliphatic hydroxyl groups excluding tert-OH is 1. The Morgan fingerprint density at radius 1 is 1.48 bits per heavy atom. The van der Waals surface area contributed by atoms with Gasteiger partial charge in [0.1, 0.15) is 0 Å². The molecule has 1 heterocycles. The predicted octanol–water partition coefficient (Wildman–Crippen LogP) is 2.35. The summed E-state index contributed by atoms with van der Waals surface area (Å²) in [4.78, 5) is 15.9.